The van der Waals surface area contributed by atoms with Crippen molar-refractivity contribution >= 4 is 34.4 Å². The van der Waals surface area contributed by atoms with Crippen molar-refractivity contribution in [2.45, 2.75) is 17.3 Å². The molecule has 9 heteroatoms. The third kappa shape index (κ3) is 3.76. The monoisotopic (exact) mass is 366 g/mol. The Bertz CT molecular complexity index is 952. The number of aromatic nitrogens is 3. The average Bonchev–Trinajstić information content (AvgIpc) is 2.82. The van der Waals surface area contributed by atoms with E-state index in [9.17, 15) is 18.0 Å². The lowest BCUT2D eigenvalue weighted by molar-refractivity contribution is -0.0328. The predicted octanol–water partition coefficient (Wildman–Crippen LogP) is 4.14. The molecule has 0 unspecified atom stereocenters. The van der Waals surface area contributed by atoms with E-state index in [4.69, 9.17) is 0 Å². The second-order valence-corrected chi connectivity index (χ2v) is 6.41. The quantitative estimate of drug-likeness (QED) is 0.708. The van der Waals surface area contributed by atoms with Crippen molar-refractivity contribution in [3.63, 3.8) is 0 Å². The van der Waals surface area contributed by atoms with Gasteiger partial charge in [-0.05, 0) is 36.9 Å². The lowest BCUT2D eigenvalue weighted by Gasteiger charge is -2.12. The number of fused-ring (bicyclic) bond motifs is 1. The summed E-state index contributed by atoms with van der Waals surface area (Å²) in [4.78, 5) is 16.6. The predicted molar refractivity (Wildman–Crippen MR) is 89.6 cm³/mol. The number of hydrogen-bond donors (Lipinski definition) is 1. The molecule has 0 spiro atoms. The molecule has 3 rings (SSSR count). The highest BCUT2D eigenvalue weighted by molar-refractivity contribution is 8.00. The van der Waals surface area contributed by atoms with Gasteiger partial charge in [-0.2, -0.15) is 18.3 Å². The molecule has 2 aromatic heterocycles. The number of benzene rings is 1. The molecule has 1 amide bonds. The Morgan fingerprint density at radius 2 is 2.00 bits per heavy atom. The summed E-state index contributed by atoms with van der Waals surface area (Å²) in [7, 11) is 1.74. The Balaban J connectivity index is 1.89. The van der Waals surface area contributed by atoms with Crippen LogP contribution in [-0.4, -0.2) is 26.2 Å². The van der Waals surface area contributed by atoms with Crippen LogP contribution in [0, 0.1) is 6.92 Å². The second-order valence-electron chi connectivity index (χ2n) is 5.30. The smallest absolute Gasteiger partial charge is 0.321 e. The SMILES string of the molecule is Cc1nn(C)c2ncc(C(=O)Nc3ccccc3SC(F)(F)F)cc12. The number of thioether (sulfide) groups is 1. The topological polar surface area (TPSA) is 59.8 Å². The minimum Gasteiger partial charge on any atom is -0.321 e. The molecule has 0 aliphatic carbocycles. The van der Waals surface area contributed by atoms with Gasteiger partial charge >= 0.3 is 5.51 Å². The van der Waals surface area contributed by atoms with E-state index in [0.29, 0.717) is 16.7 Å². The molecular weight excluding hydrogens is 353 g/mol. The summed E-state index contributed by atoms with van der Waals surface area (Å²) in [5.74, 6) is -0.534. The summed E-state index contributed by atoms with van der Waals surface area (Å²) in [5.41, 5.74) is -2.75. The number of anilines is 1. The van der Waals surface area contributed by atoms with Gasteiger partial charge in [-0.25, -0.2) is 4.98 Å². The highest BCUT2D eigenvalue weighted by atomic mass is 32.2. The van der Waals surface area contributed by atoms with Crippen molar-refractivity contribution < 1.29 is 18.0 Å². The number of para-hydroxylation sites is 1. The van der Waals surface area contributed by atoms with Gasteiger partial charge in [0, 0.05) is 23.5 Å². The highest BCUT2D eigenvalue weighted by Gasteiger charge is 2.30. The first-order valence-corrected chi connectivity index (χ1v) is 8.02. The summed E-state index contributed by atoms with van der Waals surface area (Å²) in [6, 6.07) is 7.40. The molecule has 0 aliphatic rings. The lowest BCUT2D eigenvalue weighted by atomic mass is 10.2. The summed E-state index contributed by atoms with van der Waals surface area (Å²) in [6.45, 7) is 1.79. The van der Waals surface area contributed by atoms with Crippen molar-refractivity contribution in [3.8, 4) is 0 Å². The number of carbonyl (C=O) groups is 1. The zero-order valence-electron chi connectivity index (χ0n) is 13.3. The Kier molecular flexibility index (Phi) is 4.42. The van der Waals surface area contributed by atoms with Crippen molar-refractivity contribution in [1.82, 2.24) is 14.8 Å². The second kappa shape index (κ2) is 6.40. The van der Waals surface area contributed by atoms with E-state index >= 15 is 0 Å². The fourth-order valence-electron chi connectivity index (χ4n) is 2.41. The van der Waals surface area contributed by atoms with Crippen LogP contribution in [0.25, 0.3) is 11.0 Å². The minimum atomic E-state index is -4.44. The summed E-state index contributed by atoms with van der Waals surface area (Å²) in [5, 5.41) is 7.45. The number of aryl methyl sites for hydroxylation is 2. The van der Waals surface area contributed by atoms with Crippen LogP contribution in [0.4, 0.5) is 18.9 Å². The van der Waals surface area contributed by atoms with E-state index in [1.807, 2.05) is 0 Å². The van der Waals surface area contributed by atoms with Crippen molar-refractivity contribution in [2.24, 2.45) is 7.05 Å². The van der Waals surface area contributed by atoms with E-state index in [-0.39, 0.29) is 27.9 Å². The number of hydrogen-bond acceptors (Lipinski definition) is 4. The lowest BCUT2D eigenvalue weighted by Crippen LogP contribution is -2.13. The van der Waals surface area contributed by atoms with E-state index in [2.05, 4.69) is 15.4 Å². The number of pyridine rings is 1. The largest absolute Gasteiger partial charge is 0.446 e. The van der Waals surface area contributed by atoms with Gasteiger partial charge in [0.15, 0.2) is 5.65 Å². The molecule has 1 aromatic carbocycles. The molecule has 2 heterocycles. The van der Waals surface area contributed by atoms with Gasteiger partial charge in [0.05, 0.1) is 16.9 Å². The van der Waals surface area contributed by atoms with Crippen molar-refractivity contribution in [3.05, 3.63) is 47.8 Å². The first kappa shape index (κ1) is 17.3. The molecule has 0 bridgehead atoms. The molecule has 0 saturated heterocycles. The first-order valence-electron chi connectivity index (χ1n) is 7.20. The number of carbonyl (C=O) groups excluding carboxylic acids is 1. The van der Waals surface area contributed by atoms with Crippen LogP contribution in [-0.2, 0) is 7.05 Å². The first-order chi connectivity index (χ1) is 11.7. The van der Waals surface area contributed by atoms with E-state index in [0.717, 1.165) is 0 Å². The Labute approximate surface area is 145 Å². The van der Waals surface area contributed by atoms with Gasteiger partial charge in [-0.15, -0.1) is 0 Å². The fourth-order valence-corrected chi connectivity index (χ4v) is 3.04. The Morgan fingerprint density at radius 1 is 1.28 bits per heavy atom. The molecular formula is C16H13F3N4OS. The maximum atomic E-state index is 12.6. The Morgan fingerprint density at radius 3 is 2.72 bits per heavy atom. The van der Waals surface area contributed by atoms with Crippen LogP contribution < -0.4 is 5.32 Å². The van der Waals surface area contributed by atoms with Crippen molar-refractivity contribution in [1.29, 1.82) is 0 Å². The zero-order chi connectivity index (χ0) is 18.2. The van der Waals surface area contributed by atoms with E-state index in [1.165, 1.54) is 24.4 Å². The van der Waals surface area contributed by atoms with Crippen LogP contribution in [0.3, 0.4) is 0 Å². The van der Waals surface area contributed by atoms with Crippen LogP contribution in [0.5, 0.6) is 0 Å². The molecule has 130 valence electrons. The molecule has 0 radical (unpaired) electrons. The maximum Gasteiger partial charge on any atom is 0.446 e. The van der Waals surface area contributed by atoms with Gasteiger partial charge < -0.3 is 5.32 Å². The molecule has 0 aliphatic heterocycles. The van der Waals surface area contributed by atoms with Gasteiger partial charge in [0.2, 0.25) is 0 Å². The molecule has 5 nitrogen and oxygen atoms in total. The molecule has 1 N–H and O–H groups in total. The van der Waals surface area contributed by atoms with Crippen molar-refractivity contribution in [2.75, 3.05) is 5.32 Å². The average molecular weight is 366 g/mol. The van der Waals surface area contributed by atoms with E-state index in [1.54, 1.807) is 30.8 Å². The van der Waals surface area contributed by atoms with E-state index < -0.39 is 11.4 Å². The number of amides is 1. The summed E-state index contributed by atoms with van der Waals surface area (Å²) < 4.78 is 39.5. The van der Waals surface area contributed by atoms with Gasteiger partial charge in [0.1, 0.15) is 0 Å². The molecule has 0 saturated carbocycles. The van der Waals surface area contributed by atoms with Gasteiger partial charge in [-0.3, -0.25) is 9.48 Å². The number of nitrogens with zero attached hydrogens (tertiary/aromatic N) is 3. The van der Waals surface area contributed by atoms with Crippen LogP contribution in [0.1, 0.15) is 16.1 Å². The third-order valence-corrected chi connectivity index (χ3v) is 4.29. The van der Waals surface area contributed by atoms with Gasteiger partial charge in [0.25, 0.3) is 5.91 Å². The highest BCUT2D eigenvalue weighted by Crippen LogP contribution is 2.40. The Hall–Kier alpha value is -2.55. The maximum absolute atomic E-state index is 12.6. The van der Waals surface area contributed by atoms with Gasteiger partial charge in [-0.1, -0.05) is 12.1 Å². The number of alkyl halides is 3. The number of halogens is 3. The fraction of sp³-hybridized carbons (Fsp3) is 0.188. The van der Waals surface area contributed by atoms with Crippen LogP contribution >= 0.6 is 11.8 Å². The standard InChI is InChI=1S/C16H13F3N4OS/c1-9-11-7-10(8-20-14(11)23(2)22-9)15(24)21-12-5-3-4-6-13(12)25-16(17,18)19/h3-8H,1-2H3,(H,21,24). The zero-order valence-corrected chi connectivity index (χ0v) is 14.1. The third-order valence-electron chi connectivity index (χ3n) is 3.49. The molecule has 3 aromatic rings. The number of nitrogens with one attached hydrogen (secondary N) is 1. The molecule has 25 heavy (non-hydrogen) atoms. The minimum absolute atomic E-state index is 0.0741. The normalized spacial score (nSPS) is 11.7. The summed E-state index contributed by atoms with van der Waals surface area (Å²) in [6.07, 6.45) is 1.37. The van der Waals surface area contributed by atoms with Crippen LogP contribution in [0.15, 0.2) is 41.4 Å². The molecule has 0 atom stereocenters. The number of rotatable bonds is 3. The van der Waals surface area contributed by atoms with Crippen LogP contribution in [0.2, 0.25) is 0 Å². The molecule has 0 fully saturated rings. The summed E-state index contributed by atoms with van der Waals surface area (Å²) >= 11 is -0.271.